The van der Waals surface area contributed by atoms with Gasteiger partial charge in [0, 0.05) is 44.1 Å². The molecule has 2 aromatic rings. The maximum atomic E-state index is 12.9. The van der Waals surface area contributed by atoms with Crippen LogP contribution in [-0.4, -0.2) is 48.1 Å². The van der Waals surface area contributed by atoms with Crippen LogP contribution < -0.4 is 4.90 Å². The molecule has 0 aliphatic carbocycles. The largest absolute Gasteiger partial charge is 0.416 e. The molecule has 1 aliphatic rings. The Morgan fingerprint density at radius 1 is 1.00 bits per heavy atom. The second kappa shape index (κ2) is 6.16. The highest BCUT2D eigenvalue weighted by atomic mass is 19.4. The number of halogens is 3. The number of aromatic nitrogens is 2. The molecule has 0 radical (unpaired) electrons. The van der Waals surface area contributed by atoms with Crippen LogP contribution in [0.2, 0.25) is 0 Å². The Bertz CT molecular complexity index is 679. The Morgan fingerprint density at radius 2 is 1.70 bits per heavy atom. The molecule has 3 rings (SSSR count). The van der Waals surface area contributed by atoms with Gasteiger partial charge in [0.15, 0.2) is 5.82 Å². The molecule has 4 nitrogen and oxygen atoms in total. The van der Waals surface area contributed by atoms with Gasteiger partial charge in [0.25, 0.3) is 0 Å². The number of benzene rings is 1. The van der Waals surface area contributed by atoms with Crippen LogP contribution in [0.5, 0.6) is 0 Å². The topological polar surface area (TPSA) is 32.3 Å². The van der Waals surface area contributed by atoms with E-state index in [1.165, 1.54) is 12.3 Å². The van der Waals surface area contributed by atoms with E-state index in [1.54, 1.807) is 12.3 Å². The van der Waals surface area contributed by atoms with E-state index >= 15 is 0 Å². The highest BCUT2D eigenvalue weighted by Gasteiger charge is 2.31. The maximum Gasteiger partial charge on any atom is 0.416 e. The van der Waals surface area contributed by atoms with E-state index in [2.05, 4.69) is 19.8 Å². The monoisotopic (exact) mass is 322 g/mol. The van der Waals surface area contributed by atoms with Gasteiger partial charge in [0.1, 0.15) is 5.69 Å². The van der Waals surface area contributed by atoms with Gasteiger partial charge in [-0.15, -0.1) is 0 Å². The summed E-state index contributed by atoms with van der Waals surface area (Å²) in [6.07, 6.45) is -1.29. The Kier molecular flexibility index (Phi) is 4.21. The van der Waals surface area contributed by atoms with Gasteiger partial charge in [-0.25, -0.2) is 4.98 Å². The summed E-state index contributed by atoms with van der Waals surface area (Å²) in [5, 5.41) is 0. The number of rotatable bonds is 2. The van der Waals surface area contributed by atoms with Crippen LogP contribution in [0.1, 0.15) is 5.56 Å². The van der Waals surface area contributed by atoms with E-state index in [1.807, 2.05) is 7.05 Å². The van der Waals surface area contributed by atoms with Crippen LogP contribution >= 0.6 is 0 Å². The quantitative estimate of drug-likeness (QED) is 0.851. The van der Waals surface area contributed by atoms with Crippen molar-refractivity contribution in [2.45, 2.75) is 6.18 Å². The first-order valence-electron chi connectivity index (χ1n) is 7.37. The summed E-state index contributed by atoms with van der Waals surface area (Å²) in [5.41, 5.74) is 0.245. The average molecular weight is 322 g/mol. The summed E-state index contributed by atoms with van der Waals surface area (Å²) in [4.78, 5) is 12.9. The zero-order chi connectivity index (χ0) is 16.4. The van der Waals surface area contributed by atoms with Crippen LogP contribution in [-0.2, 0) is 6.18 Å². The number of likely N-dealkylation sites (N-methyl/N-ethyl adjacent to an activating group) is 1. The summed E-state index contributed by atoms with van der Waals surface area (Å²) in [5.74, 6) is 0.639. The van der Waals surface area contributed by atoms with Crippen molar-refractivity contribution >= 4 is 5.82 Å². The second-order valence-corrected chi connectivity index (χ2v) is 5.60. The third-order valence-corrected chi connectivity index (χ3v) is 3.95. The van der Waals surface area contributed by atoms with Crippen LogP contribution in [0.4, 0.5) is 19.0 Å². The fourth-order valence-electron chi connectivity index (χ4n) is 2.63. The average Bonchev–Trinajstić information content (AvgIpc) is 2.55. The third kappa shape index (κ3) is 3.44. The van der Waals surface area contributed by atoms with E-state index in [-0.39, 0.29) is 0 Å². The predicted octanol–water partition coefficient (Wildman–Crippen LogP) is 2.91. The van der Waals surface area contributed by atoms with Crippen LogP contribution in [0, 0.1) is 0 Å². The van der Waals surface area contributed by atoms with Gasteiger partial charge < -0.3 is 9.80 Å². The SMILES string of the molecule is CN1CCN(c2nccnc2-c2cccc(C(F)(F)F)c2)CC1. The maximum absolute atomic E-state index is 12.9. The standard InChI is InChI=1S/C16H17F3N4/c1-22-7-9-23(10-8-22)15-14(20-5-6-21-15)12-3-2-4-13(11-12)16(17,18)19/h2-6,11H,7-10H2,1H3. The fourth-order valence-corrected chi connectivity index (χ4v) is 2.63. The summed E-state index contributed by atoms with van der Waals surface area (Å²) in [6, 6.07) is 5.23. The highest BCUT2D eigenvalue weighted by Crippen LogP contribution is 2.34. The molecule has 0 atom stereocenters. The number of anilines is 1. The molecule has 0 saturated carbocycles. The minimum atomic E-state index is -4.37. The summed E-state index contributed by atoms with van der Waals surface area (Å²) in [7, 11) is 2.04. The molecule has 1 aromatic heterocycles. The number of alkyl halides is 3. The first-order chi connectivity index (χ1) is 10.9. The van der Waals surface area contributed by atoms with Gasteiger partial charge in [-0.3, -0.25) is 4.98 Å². The van der Waals surface area contributed by atoms with Gasteiger partial charge in [-0.05, 0) is 19.2 Å². The smallest absolute Gasteiger partial charge is 0.352 e. The molecule has 122 valence electrons. The molecular formula is C16H17F3N4. The zero-order valence-corrected chi connectivity index (χ0v) is 12.7. The lowest BCUT2D eigenvalue weighted by Gasteiger charge is -2.33. The number of hydrogen-bond donors (Lipinski definition) is 0. The van der Waals surface area contributed by atoms with Crippen LogP contribution in [0.3, 0.4) is 0 Å². The van der Waals surface area contributed by atoms with Crippen LogP contribution in [0.25, 0.3) is 11.3 Å². The molecule has 1 aliphatic heterocycles. The first-order valence-corrected chi connectivity index (χ1v) is 7.37. The number of hydrogen-bond acceptors (Lipinski definition) is 4. The Balaban J connectivity index is 1.98. The minimum absolute atomic E-state index is 0.432. The molecular weight excluding hydrogens is 305 g/mol. The predicted molar refractivity (Wildman–Crippen MR) is 82.2 cm³/mol. The number of piperazine rings is 1. The van der Waals surface area contributed by atoms with E-state index in [0.29, 0.717) is 17.1 Å². The molecule has 1 fully saturated rings. The van der Waals surface area contributed by atoms with Gasteiger partial charge in [-0.1, -0.05) is 12.1 Å². The molecule has 0 amide bonds. The van der Waals surface area contributed by atoms with Crippen molar-refractivity contribution in [3.63, 3.8) is 0 Å². The number of nitrogens with zero attached hydrogens (tertiary/aromatic N) is 4. The van der Waals surface area contributed by atoms with E-state index in [4.69, 9.17) is 0 Å². The van der Waals surface area contributed by atoms with Crippen molar-refractivity contribution in [3.8, 4) is 11.3 Å². The van der Waals surface area contributed by atoms with E-state index < -0.39 is 11.7 Å². The highest BCUT2D eigenvalue weighted by molar-refractivity contribution is 5.72. The molecule has 2 heterocycles. The first kappa shape index (κ1) is 15.7. The Hall–Kier alpha value is -2.15. The van der Waals surface area contributed by atoms with Crippen molar-refractivity contribution in [2.24, 2.45) is 0 Å². The van der Waals surface area contributed by atoms with E-state index in [9.17, 15) is 13.2 Å². The lowest BCUT2D eigenvalue weighted by molar-refractivity contribution is -0.137. The minimum Gasteiger partial charge on any atom is -0.352 e. The summed E-state index contributed by atoms with van der Waals surface area (Å²) in [6.45, 7) is 3.33. The Labute approximate surface area is 132 Å². The molecule has 1 saturated heterocycles. The molecule has 0 bridgehead atoms. The molecule has 7 heteroatoms. The normalized spacial score (nSPS) is 16.6. The van der Waals surface area contributed by atoms with Gasteiger partial charge in [-0.2, -0.15) is 13.2 Å². The fraction of sp³-hybridized carbons (Fsp3) is 0.375. The zero-order valence-electron chi connectivity index (χ0n) is 12.7. The van der Waals surface area contributed by atoms with Crippen LogP contribution in [0.15, 0.2) is 36.7 Å². The van der Waals surface area contributed by atoms with Crippen molar-refractivity contribution in [3.05, 3.63) is 42.2 Å². The molecule has 0 N–H and O–H groups in total. The second-order valence-electron chi connectivity index (χ2n) is 5.60. The van der Waals surface area contributed by atoms with Crippen molar-refractivity contribution in [1.82, 2.24) is 14.9 Å². The molecule has 0 unspecified atom stereocenters. The van der Waals surface area contributed by atoms with Gasteiger partial charge in [0.2, 0.25) is 0 Å². The van der Waals surface area contributed by atoms with Gasteiger partial charge >= 0.3 is 6.18 Å². The summed E-state index contributed by atoms with van der Waals surface area (Å²) >= 11 is 0. The van der Waals surface area contributed by atoms with Gasteiger partial charge in [0.05, 0.1) is 5.56 Å². The Morgan fingerprint density at radius 3 is 2.39 bits per heavy atom. The lowest BCUT2D eigenvalue weighted by atomic mass is 10.1. The molecule has 0 spiro atoms. The van der Waals surface area contributed by atoms with Crippen molar-refractivity contribution in [1.29, 1.82) is 0 Å². The molecule has 23 heavy (non-hydrogen) atoms. The lowest BCUT2D eigenvalue weighted by Crippen LogP contribution is -2.45. The molecule has 1 aromatic carbocycles. The van der Waals surface area contributed by atoms with E-state index in [0.717, 1.165) is 38.3 Å². The van der Waals surface area contributed by atoms with Crippen molar-refractivity contribution < 1.29 is 13.2 Å². The van der Waals surface area contributed by atoms with Crippen molar-refractivity contribution in [2.75, 3.05) is 38.1 Å². The summed E-state index contributed by atoms with van der Waals surface area (Å²) < 4.78 is 38.8. The third-order valence-electron chi connectivity index (χ3n) is 3.95.